The SMILES string of the molecule is COc1ccccc1CCNc1nc(C)cc(Nc2cc(C)ccc2OC)n1. The van der Waals surface area contributed by atoms with Crippen LogP contribution in [-0.4, -0.2) is 30.7 Å². The average Bonchev–Trinajstić information content (AvgIpc) is 2.68. The Balaban J connectivity index is 1.70. The smallest absolute Gasteiger partial charge is 0.224 e. The second kappa shape index (κ2) is 9.08. The lowest BCUT2D eigenvalue weighted by Crippen LogP contribution is -2.10. The summed E-state index contributed by atoms with van der Waals surface area (Å²) in [6.07, 6.45) is 0.815. The zero-order valence-corrected chi connectivity index (χ0v) is 16.7. The summed E-state index contributed by atoms with van der Waals surface area (Å²) in [7, 11) is 3.35. The lowest BCUT2D eigenvalue weighted by Gasteiger charge is -2.13. The number of aromatic nitrogens is 2. The Morgan fingerprint density at radius 1 is 0.893 bits per heavy atom. The van der Waals surface area contributed by atoms with Crippen molar-refractivity contribution in [3.05, 3.63) is 65.4 Å². The summed E-state index contributed by atoms with van der Waals surface area (Å²) in [5.74, 6) is 2.97. The van der Waals surface area contributed by atoms with Crippen LogP contribution in [0.5, 0.6) is 11.5 Å². The minimum absolute atomic E-state index is 0.587. The molecule has 0 amide bonds. The van der Waals surface area contributed by atoms with Gasteiger partial charge in [0.2, 0.25) is 5.95 Å². The number of hydrogen-bond acceptors (Lipinski definition) is 6. The molecule has 0 spiro atoms. The number of rotatable bonds is 8. The van der Waals surface area contributed by atoms with Crippen LogP contribution in [0.2, 0.25) is 0 Å². The topological polar surface area (TPSA) is 68.3 Å². The van der Waals surface area contributed by atoms with Crippen molar-refractivity contribution in [1.82, 2.24) is 9.97 Å². The highest BCUT2D eigenvalue weighted by Crippen LogP contribution is 2.28. The van der Waals surface area contributed by atoms with E-state index in [0.29, 0.717) is 12.5 Å². The first-order valence-electron chi connectivity index (χ1n) is 9.22. The minimum atomic E-state index is 0.587. The highest BCUT2D eigenvalue weighted by atomic mass is 16.5. The van der Waals surface area contributed by atoms with Crippen molar-refractivity contribution in [1.29, 1.82) is 0 Å². The average molecular weight is 378 g/mol. The molecule has 3 aromatic rings. The number of methoxy groups -OCH3 is 2. The maximum atomic E-state index is 5.44. The van der Waals surface area contributed by atoms with E-state index in [1.54, 1.807) is 14.2 Å². The van der Waals surface area contributed by atoms with Gasteiger partial charge in [0.1, 0.15) is 17.3 Å². The van der Waals surface area contributed by atoms with Gasteiger partial charge >= 0.3 is 0 Å². The Kier molecular flexibility index (Phi) is 6.32. The zero-order chi connectivity index (χ0) is 19.9. The monoisotopic (exact) mass is 378 g/mol. The number of ether oxygens (including phenoxy) is 2. The van der Waals surface area contributed by atoms with Crippen molar-refractivity contribution in [3.63, 3.8) is 0 Å². The molecule has 0 aliphatic carbocycles. The van der Waals surface area contributed by atoms with Crippen molar-refractivity contribution in [3.8, 4) is 11.5 Å². The standard InChI is InChI=1S/C22H26N4O2/c1-15-9-10-20(28-4)18(13-15)25-21-14-16(2)24-22(26-21)23-12-11-17-7-5-6-8-19(17)27-3/h5-10,13-14H,11-12H2,1-4H3,(H2,23,24,25,26). The Bertz CT molecular complexity index is 944. The van der Waals surface area contributed by atoms with Gasteiger partial charge in [-0.25, -0.2) is 4.98 Å². The summed E-state index contributed by atoms with van der Waals surface area (Å²) in [5, 5.41) is 6.64. The van der Waals surface area contributed by atoms with Crippen LogP contribution in [0.15, 0.2) is 48.5 Å². The van der Waals surface area contributed by atoms with Crippen LogP contribution in [0.4, 0.5) is 17.5 Å². The van der Waals surface area contributed by atoms with Gasteiger partial charge in [-0.15, -0.1) is 0 Å². The van der Waals surface area contributed by atoms with E-state index in [2.05, 4.69) is 26.7 Å². The van der Waals surface area contributed by atoms with E-state index in [1.165, 1.54) is 0 Å². The highest BCUT2D eigenvalue weighted by Gasteiger charge is 2.08. The molecular weight excluding hydrogens is 352 g/mol. The Hall–Kier alpha value is -3.28. The molecule has 0 aliphatic rings. The van der Waals surface area contributed by atoms with Crippen LogP contribution in [0.3, 0.4) is 0 Å². The van der Waals surface area contributed by atoms with Crippen LogP contribution in [-0.2, 0) is 6.42 Å². The molecule has 2 N–H and O–H groups in total. The van der Waals surface area contributed by atoms with Crippen LogP contribution in [0.25, 0.3) is 0 Å². The second-order valence-electron chi connectivity index (χ2n) is 6.54. The molecule has 0 bridgehead atoms. The molecule has 146 valence electrons. The lowest BCUT2D eigenvalue weighted by molar-refractivity contribution is 0.410. The van der Waals surface area contributed by atoms with Crippen LogP contribution in [0.1, 0.15) is 16.8 Å². The lowest BCUT2D eigenvalue weighted by atomic mass is 10.1. The third-order valence-electron chi connectivity index (χ3n) is 4.34. The molecule has 6 heteroatoms. The quantitative estimate of drug-likeness (QED) is 0.601. The fraction of sp³-hybridized carbons (Fsp3) is 0.273. The maximum Gasteiger partial charge on any atom is 0.224 e. The van der Waals surface area contributed by atoms with Gasteiger partial charge in [0.15, 0.2) is 0 Å². The van der Waals surface area contributed by atoms with Crippen molar-refractivity contribution in [2.45, 2.75) is 20.3 Å². The number of benzene rings is 2. The predicted octanol–water partition coefficient (Wildman–Crippen LogP) is 4.51. The molecule has 0 saturated heterocycles. The van der Waals surface area contributed by atoms with E-state index in [4.69, 9.17) is 9.47 Å². The van der Waals surface area contributed by atoms with Gasteiger partial charge in [0.25, 0.3) is 0 Å². The Labute approximate surface area is 166 Å². The number of nitrogens with one attached hydrogen (secondary N) is 2. The van der Waals surface area contributed by atoms with Crippen molar-refractivity contribution in [2.24, 2.45) is 0 Å². The molecule has 2 aromatic carbocycles. The summed E-state index contributed by atoms with van der Waals surface area (Å²) in [6.45, 7) is 4.70. The van der Waals surface area contributed by atoms with Crippen LogP contribution in [0, 0.1) is 13.8 Å². The number of anilines is 3. The summed E-state index contributed by atoms with van der Waals surface area (Å²) in [4.78, 5) is 9.07. The van der Waals surface area contributed by atoms with E-state index in [1.807, 2.05) is 56.3 Å². The Morgan fingerprint density at radius 2 is 1.68 bits per heavy atom. The van der Waals surface area contributed by atoms with Crippen molar-refractivity contribution < 1.29 is 9.47 Å². The molecule has 0 saturated carbocycles. The Morgan fingerprint density at radius 3 is 2.46 bits per heavy atom. The highest BCUT2D eigenvalue weighted by molar-refractivity contribution is 5.65. The van der Waals surface area contributed by atoms with Gasteiger partial charge in [-0.05, 0) is 49.6 Å². The number of hydrogen-bond donors (Lipinski definition) is 2. The van der Waals surface area contributed by atoms with E-state index in [0.717, 1.165) is 46.2 Å². The first-order chi connectivity index (χ1) is 13.6. The summed E-state index contributed by atoms with van der Waals surface area (Å²) in [5.41, 5.74) is 4.04. The molecule has 1 heterocycles. The van der Waals surface area contributed by atoms with Gasteiger partial charge in [-0.2, -0.15) is 4.98 Å². The fourth-order valence-corrected chi connectivity index (χ4v) is 2.99. The maximum absolute atomic E-state index is 5.44. The third kappa shape index (κ3) is 4.91. The molecular formula is C22H26N4O2. The third-order valence-corrected chi connectivity index (χ3v) is 4.34. The number of para-hydroxylation sites is 1. The fourth-order valence-electron chi connectivity index (χ4n) is 2.99. The first-order valence-corrected chi connectivity index (χ1v) is 9.22. The van der Waals surface area contributed by atoms with E-state index >= 15 is 0 Å². The predicted molar refractivity (Wildman–Crippen MR) is 113 cm³/mol. The van der Waals surface area contributed by atoms with Crippen molar-refractivity contribution >= 4 is 17.5 Å². The van der Waals surface area contributed by atoms with E-state index < -0.39 is 0 Å². The summed E-state index contributed by atoms with van der Waals surface area (Å²) < 4.78 is 10.8. The van der Waals surface area contributed by atoms with Crippen molar-refractivity contribution in [2.75, 3.05) is 31.4 Å². The van der Waals surface area contributed by atoms with E-state index in [9.17, 15) is 0 Å². The number of nitrogens with zero attached hydrogens (tertiary/aromatic N) is 2. The molecule has 28 heavy (non-hydrogen) atoms. The van der Waals surface area contributed by atoms with Crippen LogP contribution >= 0.6 is 0 Å². The molecule has 0 fully saturated rings. The first kappa shape index (κ1) is 19.5. The van der Waals surface area contributed by atoms with E-state index in [-0.39, 0.29) is 0 Å². The van der Waals surface area contributed by atoms with Gasteiger partial charge in [0, 0.05) is 18.3 Å². The zero-order valence-electron chi connectivity index (χ0n) is 16.7. The number of aryl methyl sites for hydroxylation is 2. The van der Waals surface area contributed by atoms with Gasteiger partial charge in [0.05, 0.1) is 19.9 Å². The van der Waals surface area contributed by atoms with Gasteiger partial charge in [-0.1, -0.05) is 24.3 Å². The summed E-state index contributed by atoms with van der Waals surface area (Å²) in [6, 6.07) is 15.9. The normalized spacial score (nSPS) is 10.4. The summed E-state index contributed by atoms with van der Waals surface area (Å²) >= 11 is 0. The second-order valence-corrected chi connectivity index (χ2v) is 6.54. The molecule has 0 aliphatic heterocycles. The molecule has 1 aromatic heterocycles. The van der Waals surface area contributed by atoms with Gasteiger partial charge < -0.3 is 20.1 Å². The van der Waals surface area contributed by atoms with Crippen LogP contribution < -0.4 is 20.1 Å². The molecule has 0 unspecified atom stereocenters. The molecule has 0 radical (unpaired) electrons. The molecule has 0 atom stereocenters. The largest absolute Gasteiger partial charge is 0.496 e. The molecule has 3 rings (SSSR count). The minimum Gasteiger partial charge on any atom is -0.496 e. The molecule has 6 nitrogen and oxygen atoms in total. The van der Waals surface area contributed by atoms with Gasteiger partial charge in [-0.3, -0.25) is 0 Å².